The maximum absolute atomic E-state index is 12.9. The average molecular weight is 356 g/mol. The van der Waals surface area contributed by atoms with Crippen LogP contribution in [0, 0.1) is 0 Å². The number of aromatic amines is 1. The Morgan fingerprint density at radius 2 is 2.04 bits per heavy atom. The molecular formula is C19H18ClN3O2. The minimum atomic E-state index is -0.256. The molecule has 1 aromatic heterocycles. The number of fused-ring (bicyclic) bond motifs is 1. The number of nitrogens with zero attached hydrogens (tertiary/aromatic N) is 2. The van der Waals surface area contributed by atoms with Crippen molar-refractivity contribution in [3.8, 4) is 0 Å². The molecule has 3 aromatic rings. The van der Waals surface area contributed by atoms with Crippen LogP contribution in [-0.4, -0.2) is 26.9 Å². The van der Waals surface area contributed by atoms with Crippen LogP contribution >= 0.6 is 11.6 Å². The first-order chi connectivity index (χ1) is 12.1. The lowest BCUT2D eigenvalue weighted by atomic mass is 10.0. The maximum Gasteiger partial charge on any atom is 0.326 e. The number of hydrogen-bond acceptors (Lipinski definition) is 2. The van der Waals surface area contributed by atoms with Gasteiger partial charge in [0.2, 0.25) is 5.91 Å². The number of aromatic nitrogens is 2. The predicted octanol–water partition coefficient (Wildman–Crippen LogP) is 3.35. The van der Waals surface area contributed by atoms with E-state index in [-0.39, 0.29) is 24.2 Å². The van der Waals surface area contributed by atoms with Crippen molar-refractivity contribution in [2.75, 3.05) is 6.54 Å². The summed E-state index contributed by atoms with van der Waals surface area (Å²) < 4.78 is 1.50. The molecule has 1 unspecified atom stereocenters. The zero-order chi connectivity index (χ0) is 17.4. The zero-order valence-corrected chi connectivity index (χ0v) is 14.4. The molecule has 1 aliphatic rings. The van der Waals surface area contributed by atoms with Gasteiger partial charge in [-0.25, -0.2) is 4.79 Å². The molecule has 1 fully saturated rings. The van der Waals surface area contributed by atoms with E-state index < -0.39 is 0 Å². The molecule has 0 radical (unpaired) electrons. The van der Waals surface area contributed by atoms with Crippen molar-refractivity contribution < 1.29 is 4.79 Å². The highest BCUT2D eigenvalue weighted by molar-refractivity contribution is 6.30. The second-order valence-corrected chi connectivity index (χ2v) is 6.77. The van der Waals surface area contributed by atoms with Gasteiger partial charge in [0.15, 0.2) is 0 Å². The minimum Gasteiger partial charge on any atom is -0.334 e. The number of carbonyl (C=O) groups is 1. The third-order valence-corrected chi connectivity index (χ3v) is 5.02. The first-order valence-electron chi connectivity index (χ1n) is 8.36. The van der Waals surface area contributed by atoms with Crippen molar-refractivity contribution in [2.45, 2.75) is 25.4 Å². The Hall–Kier alpha value is -2.53. The summed E-state index contributed by atoms with van der Waals surface area (Å²) in [6.45, 7) is 0.743. The van der Waals surface area contributed by atoms with Gasteiger partial charge in [-0.15, -0.1) is 0 Å². The molecule has 1 amide bonds. The van der Waals surface area contributed by atoms with Crippen molar-refractivity contribution in [3.05, 3.63) is 69.6 Å². The van der Waals surface area contributed by atoms with Crippen LogP contribution in [-0.2, 0) is 11.3 Å². The molecule has 1 saturated heterocycles. The van der Waals surface area contributed by atoms with Crippen molar-refractivity contribution in [2.24, 2.45) is 0 Å². The summed E-state index contributed by atoms with van der Waals surface area (Å²) in [6, 6.07) is 15.1. The number of para-hydroxylation sites is 2. The van der Waals surface area contributed by atoms with Gasteiger partial charge < -0.3 is 9.88 Å². The SMILES string of the molecule is O=C(Cn1c(=O)[nH]c2ccccc21)N1CCCC1c1cccc(Cl)c1. The molecule has 1 N–H and O–H groups in total. The molecule has 0 spiro atoms. The summed E-state index contributed by atoms with van der Waals surface area (Å²) in [7, 11) is 0. The molecule has 128 valence electrons. The molecule has 2 heterocycles. The van der Waals surface area contributed by atoms with Crippen LogP contribution in [0.2, 0.25) is 5.02 Å². The van der Waals surface area contributed by atoms with Crippen LogP contribution in [0.15, 0.2) is 53.3 Å². The summed E-state index contributed by atoms with van der Waals surface area (Å²) >= 11 is 6.10. The Bertz CT molecular complexity index is 991. The van der Waals surface area contributed by atoms with Gasteiger partial charge in [-0.05, 0) is 42.7 Å². The van der Waals surface area contributed by atoms with Crippen molar-refractivity contribution in [1.82, 2.24) is 14.5 Å². The minimum absolute atomic E-state index is 0.0205. The van der Waals surface area contributed by atoms with Gasteiger partial charge in [-0.2, -0.15) is 0 Å². The quantitative estimate of drug-likeness (QED) is 0.783. The highest BCUT2D eigenvalue weighted by Crippen LogP contribution is 2.33. The number of nitrogens with one attached hydrogen (secondary N) is 1. The van der Waals surface area contributed by atoms with Crippen LogP contribution < -0.4 is 5.69 Å². The molecule has 2 aromatic carbocycles. The Morgan fingerprint density at radius 3 is 2.88 bits per heavy atom. The maximum atomic E-state index is 12.9. The van der Waals surface area contributed by atoms with Crippen LogP contribution in [0.4, 0.5) is 0 Å². The van der Waals surface area contributed by atoms with Crippen molar-refractivity contribution in [1.29, 1.82) is 0 Å². The summed E-state index contributed by atoms with van der Waals surface area (Å²) in [6.07, 6.45) is 1.86. The monoisotopic (exact) mass is 355 g/mol. The number of H-pyrrole nitrogens is 1. The number of rotatable bonds is 3. The van der Waals surface area contributed by atoms with E-state index in [1.54, 1.807) is 0 Å². The third-order valence-electron chi connectivity index (χ3n) is 4.78. The second kappa shape index (κ2) is 6.41. The molecule has 25 heavy (non-hydrogen) atoms. The van der Waals surface area contributed by atoms with Crippen molar-refractivity contribution >= 4 is 28.5 Å². The number of hydrogen-bond donors (Lipinski definition) is 1. The van der Waals surface area contributed by atoms with E-state index in [4.69, 9.17) is 11.6 Å². The van der Waals surface area contributed by atoms with E-state index in [0.29, 0.717) is 11.6 Å². The first-order valence-corrected chi connectivity index (χ1v) is 8.74. The summed E-state index contributed by atoms with van der Waals surface area (Å²) in [5, 5.41) is 0.671. The van der Waals surface area contributed by atoms with Gasteiger partial charge in [-0.1, -0.05) is 35.9 Å². The molecule has 5 nitrogen and oxygen atoms in total. The van der Waals surface area contributed by atoms with E-state index in [2.05, 4.69) is 4.98 Å². The molecule has 0 bridgehead atoms. The largest absolute Gasteiger partial charge is 0.334 e. The lowest BCUT2D eigenvalue weighted by molar-refractivity contribution is -0.132. The highest BCUT2D eigenvalue weighted by atomic mass is 35.5. The number of carbonyl (C=O) groups excluding carboxylic acids is 1. The van der Waals surface area contributed by atoms with Crippen LogP contribution in [0.1, 0.15) is 24.4 Å². The third kappa shape index (κ3) is 2.96. The number of likely N-dealkylation sites (tertiary alicyclic amines) is 1. The number of imidazole rings is 1. The van der Waals surface area contributed by atoms with Gasteiger partial charge in [-0.3, -0.25) is 9.36 Å². The summed E-state index contributed by atoms with van der Waals surface area (Å²) in [4.78, 5) is 29.8. The number of benzene rings is 2. The van der Waals surface area contributed by atoms with Gasteiger partial charge in [0.1, 0.15) is 6.54 Å². The van der Waals surface area contributed by atoms with Gasteiger partial charge >= 0.3 is 5.69 Å². The fourth-order valence-corrected chi connectivity index (χ4v) is 3.81. The average Bonchev–Trinajstić information content (AvgIpc) is 3.20. The Kier molecular flexibility index (Phi) is 4.09. The molecule has 6 heteroatoms. The standard InChI is InChI=1S/C19H18ClN3O2/c20-14-6-3-5-13(11-14)16-9-4-10-22(16)18(24)12-23-17-8-2-1-7-15(17)21-19(23)25/h1-3,5-8,11,16H,4,9-10,12H2,(H,21,25). The highest BCUT2D eigenvalue weighted by Gasteiger charge is 2.30. The van der Waals surface area contributed by atoms with E-state index >= 15 is 0 Å². The molecule has 0 aliphatic carbocycles. The molecule has 1 aliphatic heterocycles. The molecule has 1 atom stereocenters. The lowest BCUT2D eigenvalue weighted by Gasteiger charge is -2.25. The van der Waals surface area contributed by atoms with Crippen LogP contribution in [0.25, 0.3) is 11.0 Å². The smallest absolute Gasteiger partial charge is 0.326 e. The van der Waals surface area contributed by atoms with E-state index in [1.807, 2.05) is 53.4 Å². The fraction of sp³-hybridized carbons (Fsp3) is 0.263. The number of amides is 1. The number of halogens is 1. The first kappa shape index (κ1) is 16.0. The van der Waals surface area contributed by atoms with Gasteiger partial charge in [0, 0.05) is 11.6 Å². The van der Waals surface area contributed by atoms with Crippen LogP contribution in [0.5, 0.6) is 0 Å². The second-order valence-electron chi connectivity index (χ2n) is 6.33. The Morgan fingerprint density at radius 1 is 1.20 bits per heavy atom. The zero-order valence-electron chi connectivity index (χ0n) is 13.6. The van der Waals surface area contributed by atoms with Gasteiger partial charge in [0.25, 0.3) is 0 Å². The summed E-state index contributed by atoms with van der Waals surface area (Å²) in [5.41, 5.74) is 2.28. The predicted molar refractivity (Wildman–Crippen MR) is 97.7 cm³/mol. The molecular weight excluding hydrogens is 338 g/mol. The molecule has 4 rings (SSSR count). The van der Waals surface area contributed by atoms with Crippen LogP contribution in [0.3, 0.4) is 0 Å². The lowest BCUT2D eigenvalue weighted by Crippen LogP contribution is -2.35. The van der Waals surface area contributed by atoms with E-state index in [1.165, 1.54) is 4.57 Å². The van der Waals surface area contributed by atoms with E-state index in [9.17, 15) is 9.59 Å². The molecule has 0 saturated carbocycles. The van der Waals surface area contributed by atoms with E-state index in [0.717, 1.165) is 29.4 Å². The summed E-state index contributed by atoms with van der Waals surface area (Å²) in [5.74, 6) is -0.0469. The normalized spacial score (nSPS) is 17.3. The fourth-order valence-electron chi connectivity index (χ4n) is 3.62. The Balaban J connectivity index is 1.62. The topological polar surface area (TPSA) is 58.1 Å². The van der Waals surface area contributed by atoms with Crippen molar-refractivity contribution in [3.63, 3.8) is 0 Å². The van der Waals surface area contributed by atoms with Gasteiger partial charge in [0.05, 0.1) is 17.1 Å². The Labute approximate surface area is 149 Å².